The van der Waals surface area contributed by atoms with E-state index in [4.69, 9.17) is 4.74 Å². The van der Waals surface area contributed by atoms with Crippen LogP contribution in [-0.4, -0.2) is 52.4 Å². The first-order valence-corrected chi connectivity index (χ1v) is 8.54. The van der Waals surface area contributed by atoms with E-state index in [0.29, 0.717) is 30.2 Å². The summed E-state index contributed by atoms with van der Waals surface area (Å²) < 4.78 is 5.35. The van der Waals surface area contributed by atoms with Crippen molar-refractivity contribution in [1.82, 2.24) is 20.2 Å². The van der Waals surface area contributed by atoms with E-state index in [9.17, 15) is 4.79 Å². The number of carbonyl (C=O) groups is 1. The molecule has 3 aromatic heterocycles. The molecule has 0 aromatic carbocycles. The van der Waals surface area contributed by atoms with Crippen LogP contribution in [-0.2, 0) is 4.74 Å². The molecule has 0 saturated carbocycles. The zero-order valence-electron chi connectivity index (χ0n) is 14.7. The van der Waals surface area contributed by atoms with Crippen LogP contribution in [0.5, 0.6) is 0 Å². The lowest BCUT2D eigenvalue weighted by atomic mass is 10.1. The third-order valence-electron chi connectivity index (χ3n) is 4.43. The number of fused-ring (bicyclic) bond motifs is 1. The number of ether oxygens (including phenoxy) is 1. The lowest BCUT2D eigenvalue weighted by Crippen LogP contribution is -2.36. The number of morpholine rings is 1. The van der Waals surface area contributed by atoms with E-state index < -0.39 is 0 Å². The van der Waals surface area contributed by atoms with Gasteiger partial charge in [0.15, 0.2) is 11.5 Å². The summed E-state index contributed by atoms with van der Waals surface area (Å²) >= 11 is 0. The van der Waals surface area contributed by atoms with Crippen LogP contribution in [0, 0.1) is 13.8 Å². The third kappa shape index (κ3) is 3.11. The largest absolute Gasteiger partial charge is 0.378 e. The number of rotatable bonds is 3. The first kappa shape index (κ1) is 16.5. The molecule has 8 nitrogen and oxygen atoms in total. The molecule has 4 rings (SSSR count). The Morgan fingerprint density at radius 2 is 2.08 bits per heavy atom. The van der Waals surface area contributed by atoms with Crippen molar-refractivity contribution in [3.05, 3.63) is 41.2 Å². The minimum atomic E-state index is -0.251. The number of aromatic nitrogens is 4. The van der Waals surface area contributed by atoms with Gasteiger partial charge in [-0.25, -0.2) is 9.97 Å². The maximum atomic E-state index is 12.6. The molecule has 3 aromatic rings. The first-order chi connectivity index (χ1) is 12.6. The van der Waals surface area contributed by atoms with Gasteiger partial charge in [-0.15, -0.1) is 0 Å². The van der Waals surface area contributed by atoms with Crippen LogP contribution < -0.4 is 10.2 Å². The molecular formula is C18H20N6O2. The van der Waals surface area contributed by atoms with Gasteiger partial charge in [0.25, 0.3) is 5.91 Å². The topological polar surface area (TPSA) is 96.0 Å². The Balaban J connectivity index is 1.53. The second kappa shape index (κ2) is 6.72. The highest BCUT2D eigenvalue weighted by atomic mass is 16.5. The standard InChI is InChI=1S/C18H20N6O2/c1-11-9-12(2)20-16-15(11)17(23-22-16)21-18(25)13-3-4-14(19-10-13)24-5-7-26-8-6-24/h3-4,9-10H,5-8H2,1-2H3,(H2,20,21,22,23,25). The molecular weight excluding hydrogens is 332 g/mol. The van der Waals surface area contributed by atoms with Crippen molar-refractivity contribution in [3.8, 4) is 0 Å². The molecule has 0 radical (unpaired) electrons. The maximum absolute atomic E-state index is 12.6. The third-order valence-corrected chi connectivity index (χ3v) is 4.43. The van der Waals surface area contributed by atoms with E-state index in [2.05, 4.69) is 30.4 Å². The van der Waals surface area contributed by atoms with Gasteiger partial charge in [-0.1, -0.05) is 0 Å². The van der Waals surface area contributed by atoms with Gasteiger partial charge in [-0.3, -0.25) is 9.89 Å². The molecule has 4 heterocycles. The predicted octanol–water partition coefficient (Wildman–Crippen LogP) is 2.06. The van der Waals surface area contributed by atoms with E-state index in [0.717, 1.165) is 35.6 Å². The number of nitrogens with zero attached hydrogens (tertiary/aromatic N) is 4. The van der Waals surface area contributed by atoms with Crippen molar-refractivity contribution in [1.29, 1.82) is 0 Å². The summed E-state index contributed by atoms with van der Waals surface area (Å²) in [5.74, 6) is 1.08. The van der Waals surface area contributed by atoms with E-state index in [1.807, 2.05) is 26.0 Å². The van der Waals surface area contributed by atoms with Crippen molar-refractivity contribution in [2.24, 2.45) is 0 Å². The van der Waals surface area contributed by atoms with Crippen molar-refractivity contribution in [2.75, 3.05) is 36.5 Å². The molecule has 1 aliphatic rings. The number of amides is 1. The van der Waals surface area contributed by atoms with Gasteiger partial charge >= 0.3 is 0 Å². The number of hydrogen-bond acceptors (Lipinski definition) is 6. The SMILES string of the molecule is Cc1cc(C)c2c(NC(=O)c3ccc(N4CCOCC4)nc3)n[nH]c2n1. The van der Waals surface area contributed by atoms with Crippen molar-refractivity contribution in [2.45, 2.75) is 13.8 Å². The molecule has 0 unspecified atom stereocenters. The molecule has 1 fully saturated rings. The van der Waals surface area contributed by atoms with E-state index in [-0.39, 0.29) is 5.91 Å². The van der Waals surface area contributed by atoms with E-state index in [1.165, 1.54) is 0 Å². The van der Waals surface area contributed by atoms with Gasteiger partial charge in [-0.05, 0) is 37.6 Å². The van der Waals surface area contributed by atoms with Crippen molar-refractivity contribution in [3.63, 3.8) is 0 Å². The number of aryl methyl sites for hydroxylation is 2. The fourth-order valence-electron chi connectivity index (χ4n) is 3.15. The highest BCUT2D eigenvalue weighted by Gasteiger charge is 2.16. The van der Waals surface area contributed by atoms with Crippen LogP contribution in [0.1, 0.15) is 21.6 Å². The molecule has 26 heavy (non-hydrogen) atoms. The highest BCUT2D eigenvalue weighted by molar-refractivity contribution is 6.07. The second-order valence-corrected chi connectivity index (χ2v) is 6.33. The van der Waals surface area contributed by atoms with Crippen molar-refractivity contribution >= 4 is 28.6 Å². The number of carbonyl (C=O) groups excluding carboxylic acids is 1. The normalized spacial score (nSPS) is 14.6. The fraction of sp³-hybridized carbons (Fsp3) is 0.333. The molecule has 8 heteroatoms. The molecule has 1 aliphatic heterocycles. The van der Waals surface area contributed by atoms with Crippen LogP contribution in [0.3, 0.4) is 0 Å². The van der Waals surface area contributed by atoms with Crippen LogP contribution in [0.15, 0.2) is 24.4 Å². The molecule has 0 bridgehead atoms. The Morgan fingerprint density at radius 1 is 1.27 bits per heavy atom. The average Bonchev–Trinajstić information content (AvgIpc) is 3.05. The zero-order valence-corrected chi connectivity index (χ0v) is 14.7. The Labute approximate surface area is 150 Å². The van der Waals surface area contributed by atoms with Gasteiger partial charge < -0.3 is 15.0 Å². The first-order valence-electron chi connectivity index (χ1n) is 8.54. The molecule has 1 amide bonds. The van der Waals surface area contributed by atoms with E-state index >= 15 is 0 Å². The number of pyridine rings is 2. The Hall–Kier alpha value is -3.00. The number of aromatic amines is 1. The summed E-state index contributed by atoms with van der Waals surface area (Å²) in [6.45, 7) is 6.91. The van der Waals surface area contributed by atoms with Gasteiger partial charge in [0, 0.05) is 25.0 Å². The zero-order chi connectivity index (χ0) is 18.1. The minimum absolute atomic E-state index is 0.251. The predicted molar refractivity (Wildman–Crippen MR) is 98.6 cm³/mol. The Morgan fingerprint density at radius 3 is 2.81 bits per heavy atom. The van der Waals surface area contributed by atoms with Gasteiger partial charge in [-0.2, -0.15) is 5.10 Å². The Kier molecular flexibility index (Phi) is 4.26. The summed E-state index contributed by atoms with van der Waals surface area (Å²) in [6, 6.07) is 5.60. The van der Waals surface area contributed by atoms with Crippen molar-refractivity contribution < 1.29 is 9.53 Å². The summed E-state index contributed by atoms with van der Waals surface area (Å²) in [5, 5.41) is 10.7. The van der Waals surface area contributed by atoms with E-state index in [1.54, 1.807) is 12.3 Å². The summed E-state index contributed by atoms with van der Waals surface area (Å²) in [7, 11) is 0. The van der Waals surface area contributed by atoms with Gasteiger partial charge in [0.05, 0.1) is 24.2 Å². The lowest BCUT2D eigenvalue weighted by Gasteiger charge is -2.27. The lowest BCUT2D eigenvalue weighted by molar-refractivity contribution is 0.102. The molecule has 0 atom stereocenters. The van der Waals surface area contributed by atoms with Crippen LogP contribution >= 0.6 is 0 Å². The molecule has 0 spiro atoms. The number of H-pyrrole nitrogens is 1. The number of hydrogen-bond donors (Lipinski definition) is 2. The summed E-state index contributed by atoms with van der Waals surface area (Å²) in [5.41, 5.74) is 3.06. The molecule has 134 valence electrons. The molecule has 1 saturated heterocycles. The number of anilines is 2. The smallest absolute Gasteiger partial charge is 0.258 e. The quantitative estimate of drug-likeness (QED) is 0.749. The minimum Gasteiger partial charge on any atom is -0.378 e. The molecule has 0 aliphatic carbocycles. The van der Waals surface area contributed by atoms with Crippen LogP contribution in [0.4, 0.5) is 11.6 Å². The monoisotopic (exact) mass is 352 g/mol. The fourth-order valence-corrected chi connectivity index (χ4v) is 3.15. The maximum Gasteiger partial charge on any atom is 0.258 e. The van der Waals surface area contributed by atoms with Gasteiger partial charge in [0.1, 0.15) is 5.82 Å². The Bertz CT molecular complexity index is 944. The van der Waals surface area contributed by atoms with Gasteiger partial charge in [0.2, 0.25) is 0 Å². The average molecular weight is 352 g/mol. The summed E-state index contributed by atoms with van der Waals surface area (Å²) in [4.78, 5) is 23.5. The summed E-state index contributed by atoms with van der Waals surface area (Å²) in [6.07, 6.45) is 1.59. The highest BCUT2D eigenvalue weighted by Crippen LogP contribution is 2.24. The molecule has 2 N–H and O–H groups in total. The van der Waals surface area contributed by atoms with Crippen LogP contribution in [0.25, 0.3) is 11.0 Å². The second-order valence-electron chi connectivity index (χ2n) is 6.33. The number of nitrogens with one attached hydrogen (secondary N) is 2. The van der Waals surface area contributed by atoms with Crippen LogP contribution in [0.2, 0.25) is 0 Å².